The fraction of sp³-hybridized carbons (Fsp3) is 1.00. The summed E-state index contributed by atoms with van der Waals surface area (Å²) in [6.45, 7) is 15.0. The molecule has 16 heavy (non-hydrogen) atoms. The highest BCUT2D eigenvalue weighted by atomic mass is 15.2. The number of piperidine rings is 1. The first-order valence-electron chi connectivity index (χ1n) is 6.80. The molecule has 0 bridgehead atoms. The lowest BCUT2D eigenvalue weighted by Crippen LogP contribution is -2.49. The molecule has 96 valence electrons. The largest absolute Gasteiger partial charge is 0.329 e. The Kier molecular flexibility index (Phi) is 4.81. The molecule has 1 rings (SSSR count). The van der Waals surface area contributed by atoms with Gasteiger partial charge in [-0.3, -0.25) is 4.90 Å². The maximum Gasteiger partial charge on any atom is 0.0241 e. The van der Waals surface area contributed by atoms with E-state index in [1.54, 1.807) is 0 Å². The van der Waals surface area contributed by atoms with E-state index in [4.69, 9.17) is 5.73 Å². The van der Waals surface area contributed by atoms with Crippen molar-refractivity contribution in [3.05, 3.63) is 0 Å². The SMILES string of the molecule is CC(C)C(CN)N1CCC(C(C)(C)C)CC1. The molecular formula is C14H30N2. The zero-order valence-corrected chi connectivity index (χ0v) is 11.8. The van der Waals surface area contributed by atoms with Crippen LogP contribution in [0.4, 0.5) is 0 Å². The zero-order chi connectivity index (χ0) is 12.3. The molecule has 0 amide bonds. The summed E-state index contributed by atoms with van der Waals surface area (Å²) < 4.78 is 0. The van der Waals surface area contributed by atoms with Crippen LogP contribution < -0.4 is 5.73 Å². The second-order valence-corrected chi connectivity index (χ2v) is 6.72. The van der Waals surface area contributed by atoms with E-state index >= 15 is 0 Å². The van der Waals surface area contributed by atoms with E-state index in [1.165, 1.54) is 25.9 Å². The minimum atomic E-state index is 0.474. The van der Waals surface area contributed by atoms with Crippen molar-refractivity contribution < 1.29 is 0 Å². The maximum atomic E-state index is 5.88. The lowest BCUT2D eigenvalue weighted by molar-refractivity contribution is 0.0691. The summed E-state index contributed by atoms with van der Waals surface area (Å²) in [6, 6.07) is 0.584. The number of hydrogen-bond acceptors (Lipinski definition) is 2. The number of nitrogens with zero attached hydrogens (tertiary/aromatic N) is 1. The van der Waals surface area contributed by atoms with E-state index < -0.39 is 0 Å². The fourth-order valence-electron chi connectivity index (χ4n) is 2.94. The summed E-state index contributed by atoms with van der Waals surface area (Å²) in [5.74, 6) is 1.56. The fourth-order valence-corrected chi connectivity index (χ4v) is 2.94. The number of hydrogen-bond donors (Lipinski definition) is 1. The third-order valence-corrected chi connectivity index (χ3v) is 4.23. The van der Waals surface area contributed by atoms with E-state index in [0.717, 1.165) is 12.5 Å². The number of likely N-dealkylation sites (tertiary alicyclic amines) is 1. The predicted octanol–water partition coefficient (Wildman–Crippen LogP) is 2.73. The zero-order valence-electron chi connectivity index (χ0n) is 11.8. The Bertz CT molecular complexity index is 197. The first kappa shape index (κ1) is 14.0. The van der Waals surface area contributed by atoms with Crippen molar-refractivity contribution in [2.24, 2.45) is 23.0 Å². The molecule has 1 atom stereocenters. The van der Waals surface area contributed by atoms with Crippen molar-refractivity contribution in [2.75, 3.05) is 19.6 Å². The third kappa shape index (κ3) is 3.46. The van der Waals surface area contributed by atoms with Crippen LogP contribution in [-0.4, -0.2) is 30.6 Å². The molecule has 2 heteroatoms. The van der Waals surface area contributed by atoms with E-state index in [2.05, 4.69) is 39.5 Å². The smallest absolute Gasteiger partial charge is 0.0241 e. The van der Waals surface area contributed by atoms with E-state index in [1.807, 2.05) is 0 Å². The van der Waals surface area contributed by atoms with E-state index in [9.17, 15) is 0 Å². The Balaban J connectivity index is 2.48. The molecule has 1 fully saturated rings. The molecule has 0 aromatic carbocycles. The standard InChI is InChI=1S/C14H30N2/c1-11(2)13(10-15)16-8-6-12(7-9-16)14(3,4)5/h11-13H,6-10,15H2,1-5H3. The normalized spacial score (nSPS) is 22.7. The highest BCUT2D eigenvalue weighted by molar-refractivity contribution is 4.85. The van der Waals surface area contributed by atoms with Crippen molar-refractivity contribution in [3.8, 4) is 0 Å². The van der Waals surface area contributed by atoms with Gasteiger partial charge in [0.1, 0.15) is 0 Å². The second kappa shape index (κ2) is 5.50. The van der Waals surface area contributed by atoms with Gasteiger partial charge in [-0.25, -0.2) is 0 Å². The minimum absolute atomic E-state index is 0.474. The lowest BCUT2D eigenvalue weighted by Gasteiger charge is -2.42. The molecule has 1 heterocycles. The third-order valence-electron chi connectivity index (χ3n) is 4.23. The summed E-state index contributed by atoms with van der Waals surface area (Å²) in [4.78, 5) is 2.60. The van der Waals surface area contributed by atoms with Gasteiger partial charge in [-0.1, -0.05) is 34.6 Å². The number of rotatable bonds is 3. The van der Waals surface area contributed by atoms with Crippen molar-refractivity contribution in [2.45, 2.75) is 53.5 Å². The summed E-state index contributed by atoms with van der Waals surface area (Å²) in [7, 11) is 0. The van der Waals surface area contributed by atoms with E-state index in [-0.39, 0.29) is 0 Å². The van der Waals surface area contributed by atoms with Gasteiger partial charge < -0.3 is 5.73 Å². The Hall–Kier alpha value is -0.0800. The van der Waals surface area contributed by atoms with Gasteiger partial charge in [-0.2, -0.15) is 0 Å². The first-order chi connectivity index (χ1) is 7.36. The van der Waals surface area contributed by atoms with Crippen molar-refractivity contribution in [1.82, 2.24) is 4.90 Å². The monoisotopic (exact) mass is 226 g/mol. The molecule has 1 aliphatic heterocycles. The molecule has 0 aromatic rings. The molecule has 0 aliphatic carbocycles. The summed E-state index contributed by atoms with van der Waals surface area (Å²) in [5.41, 5.74) is 6.36. The average Bonchev–Trinajstić information content (AvgIpc) is 2.17. The first-order valence-corrected chi connectivity index (χ1v) is 6.80. The van der Waals surface area contributed by atoms with Gasteiger partial charge >= 0.3 is 0 Å². The summed E-state index contributed by atoms with van der Waals surface area (Å²) in [6.07, 6.45) is 2.68. The van der Waals surface area contributed by atoms with Gasteiger partial charge in [0.05, 0.1) is 0 Å². The van der Waals surface area contributed by atoms with Gasteiger partial charge in [-0.05, 0) is 43.2 Å². The molecule has 1 saturated heterocycles. The van der Waals surface area contributed by atoms with Crippen LogP contribution in [-0.2, 0) is 0 Å². The molecule has 0 radical (unpaired) electrons. The van der Waals surface area contributed by atoms with Gasteiger partial charge in [0, 0.05) is 12.6 Å². The van der Waals surface area contributed by atoms with Gasteiger partial charge in [0.2, 0.25) is 0 Å². The number of nitrogens with two attached hydrogens (primary N) is 1. The van der Waals surface area contributed by atoms with Crippen LogP contribution in [0, 0.1) is 17.3 Å². The maximum absolute atomic E-state index is 5.88. The van der Waals surface area contributed by atoms with Crippen LogP contribution in [0.1, 0.15) is 47.5 Å². The quantitative estimate of drug-likeness (QED) is 0.802. The van der Waals surface area contributed by atoms with Crippen LogP contribution in [0.5, 0.6) is 0 Å². The van der Waals surface area contributed by atoms with Crippen LogP contribution in [0.3, 0.4) is 0 Å². The Labute approximate surface area is 102 Å². The van der Waals surface area contributed by atoms with Gasteiger partial charge in [-0.15, -0.1) is 0 Å². The van der Waals surface area contributed by atoms with Gasteiger partial charge in [0.25, 0.3) is 0 Å². The Morgan fingerprint density at radius 1 is 1.19 bits per heavy atom. The average molecular weight is 226 g/mol. The summed E-state index contributed by atoms with van der Waals surface area (Å²) >= 11 is 0. The molecular weight excluding hydrogens is 196 g/mol. The Morgan fingerprint density at radius 2 is 1.69 bits per heavy atom. The highest BCUT2D eigenvalue weighted by Gasteiger charge is 2.31. The topological polar surface area (TPSA) is 29.3 Å². The molecule has 0 saturated carbocycles. The van der Waals surface area contributed by atoms with Crippen molar-refractivity contribution in [1.29, 1.82) is 0 Å². The van der Waals surface area contributed by atoms with Crippen LogP contribution in [0.2, 0.25) is 0 Å². The molecule has 1 unspecified atom stereocenters. The highest BCUT2D eigenvalue weighted by Crippen LogP contribution is 2.35. The molecule has 1 aliphatic rings. The van der Waals surface area contributed by atoms with Crippen molar-refractivity contribution >= 4 is 0 Å². The van der Waals surface area contributed by atoms with E-state index in [0.29, 0.717) is 17.4 Å². The van der Waals surface area contributed by atoms with Crippen LogP contribution >= 0.6 is 0 Å². The minimum Gasteiger partial charge on any atom is -0.329 e. The van der Waals surface area contributed by atoms with Crippen molar-refractivity contribution in [3.63, 3.8) is 0 Å². The summed E-state index contributed by atoms with van der Waals surface area (Å²) in [5, 5.41) is 0. The van der Waals surface area contributed by atoms with Crippen LogP contribution in [0.15, 0.2) is 0 Å². The molecule has 0 spiro atoms. The molecule has 0 aromatic heterocycles. The molecule has 2 N–H and O–H groups in total. The Morgan fingerprint density at radius 3 is 2.00 bits per heavy atom. The van der Waals surface area contributed by atoms with Gasteiger partial charge in [0.15, 0.2) is 0 Å². The predicted molar refractivity (Wildman–Crippen MR) is 71.4 cm³/mol. The second-order valence-electron chi connectivity index (χ2n) is 6.72. The van der Waals surface area contributed by atoms with Crippen LogP contribution in [0.25, 0.3) is 0 Å². The molecule has 2 nitrogen and oxygen atoms in total. The lowest BCUT2D eigenvalue weighted by atomic mass is 9.75.